The fraction of sp³-hybridized carbons (Fsp3) is 0.875. The molecular formula is C8H16O2. The lowest BCUT2D eigenvalue weighted by Crippen LogP contribution is -2.28. The summed E-state index contributed by atoms with van der Waals surface area (Å²) >= 11 is 0. The van der Waals surface area contributed by atoms with Crippen molar-refractivity contribution < 1.29 is 9.90 Å². The van der Waals surface area contributed by atoms with Crippen LogP contribution in [0.4, 0.5) is 0 Å². The van der Waals surface area contributed by atoms with Gasteiger partial charge in [0, 0.05) is 0 Å². The Labute approximate surface area is 62.2 Å². The Morgan fingerprint density at radius 3 is 1.80 bits per heavy atom. The molecule has 0 fully saturated rings. The molecule has 60 valence electrons. The first-order valence-electron chi connectivity index (χ1n) is 3.65. The SMILES string of the molecule is CC(=O)[C@@H](O)[C@H](C)C(C)C. The Kier molecular flexibility index (Phi) is 3.58. The highest BCUT2D eigenvalue weighted by atomic mass is 16.3. The van der Waals surface area contributed by atoms with Crippen molar-refractivity contribution in [3.8, 4) is 0 Å². The maximum absolute atomic E-state index is 10.6. The molecule has 0 aliphatic heterocycles. The minimum Gasteiger partial charge on any atom is -0.385 e. The van der Waals surface area contributed by atoms with E-state index >= 15 is 0 Å². The second-order valence-electron chi connectivity index (χ2n) is 3.16. The molecule has 2 atom stereocenters. The van der Waals surface area contributed by atoms with Crippen molar-refractivity contribution in [2.75, 3.05) is 0 Å². The Morgan fingerprint density at radius 1 is 1.30 bits per heavy atom. The van der Waals surface area contributed by atoms with Crippen LogP contribution in [0.3, 0.4) is 0 Å². The van der Waals surface area contributed by atoms with E-state index in [1.807, 2.05) is 20.8 Å². The summed E-state index contributed by atoms with van der Waals surface area (Å²) in [5.74, 6) is 0.289. The van der Waals surface area contributed by atoms with Crippen LogP contribution in [0, 0.1) is 11.8 Å². The predicted molar refractivity (Wildman–Crippen MR) is 40.7 cm³/mol. The topological polar surface area (TPSA) is 37.3 Å². The maximum atomic E-state index is 10.6. The zero-order valence-corrected chi connectivity index (χ0v) is 7.09. The second-order valence-corrected chi connectivity index (χ2v) is 3.16. The molecule has 2 heteroatoms. The third-order valence-electron chi connectivity index (χ3n) is 1.97. The number of hydrogen-bond donors (Lipinski definition) is 1. The van der Waals surface area contributed by atoms with Crippen molar-refractivity contribution in [3.05, 3.63) is 0 Å². The third kappa shape index (κ3) is 2.48. The monoisotopic (exact) mass is 144 g/mol. The third-order valence-corrected chi connectivity index (χ3v) is 1.97. The second kappa shape index (κ2) is 3.71. The standard InChI is InChI=1S/C8H16O2/c1-5(2)6(3)8(10)7(4)9/h5-6,8,10H,1-4H3/t6-,8+/m1/s1. The van der Waals surface area contributed by atoms with Crippen LogP contribution in [0.5, 0.6) is 0 Å². The first-order chi connectivity index (χ1) is 4.46. The maximum Gasteiger partial charge on any atom is 0.158 e. The predicted octanol–water partition coefficient (Wildman–Crippen LogP) is 1.23. The molecule has 0 bridgehead atoms. The van der Waals surface area contributed by atoms with E-state index in [9.17, 15) is 9.90 Å². The van der Waals surface area contributed by atoms with Gasteiger partial charge in [-0.3, -0.25) is 4.79 Å². The number of hydrogen-bond acceptors (Lipinski definition) is 2. The van der Waals surface area contributed by atoms with Crippen LogP contribution in [0.1, 0.15) is 27.7 Å². The van der Waals surface area contributed by atoms with Gasteiger partial charge < -0.3 is 5.11 Å². The summed E-state index contributed by atoms with van der Waals surface area (Å²) in [6.45, 7) is 7.30. The van der Waals surface area contributed by atoms with Gasteiger partial charge in [0.1, 0.15) is 6.10 Å². The lowest BCUT2D eigenvalue weighted by Gasteiger charge is -2.19. The van der Waals surface area contributed by atoms with E-state index in [1.165, 1.54) is 6.92 Å². The van der Waals surface area contributed by atoms with Gasteiger partial charge in [-0.2, -0.15) is 0 Å². The van der Waals surface area contributed by atoms with Crippen molar-refractivity contribution in [3.63, 3.8) is 0 Å². The zero-order chi connectivity index (χ0) is 8.31. The van der Waals surface area contributed by atoms with Crippen molar-refractivity contribution in [2.24, 2.45) is 11.8 Å². The summed E-state index contributed by atoms with van der Waals surface area (Å²) in [5.41, 5.74) is 0. The van der Waals surface area contributed by atoms with Gasteiger partial charge in [0.25, 0.3) is 0 Å². The molecule has 0 spiro atoms. The summed E-state index contributed by atoms with van der Waals surface area (Å²) < 4.78 is 0. The van der Waals surface area contributed by atoms with Crippen LogP contribution in [-0.2, 0) is 4.79 Å². The van der Waals surface area contributed by atoms with E-state index in [-0.39, 0.29) is 11.7 Å². The Morgan fingerprint density at radius 2 is 1.70 bits per heavy atom. The molecule has 0 aliphatic carbocycles. The molecule has 0 radical (unpaired) electrons. The Hall–Kier alpha value is -0.370. The van der Waals surface area contributed by atoms with Gasteiger partial charge >= 0.3 is 0 Å². The summed E-state index contributed by atoms with van der Waals surface area (Å²) in [4.78, 5) is 10.6. The number of Topliss-reactive ketones (excluding diaryl/α,β-unsaturated/α-hetero) is 1. The van der Waals surface area contributed by atoms with Gasteiger partial charge in [-0.05, 0) is 18.8 Å². The molecular weight excluding hydrogens is 128 g/mol. The lowest BCUT2D eigenvalue weighted by atomic mass is 9.90. The van der Waals surface area contributed by atoms with Gasteiger partial charge in [0.15, 0.2) is 5.78 Å². The zero-order valence-electron chi connectivity index (χ0n) is 7.09. The molecule has 10 heavy (non-hydrogen) atoms. The molecule has 0 aromatic rings. The van der Waals surface area contributed by atoms with Crippen molar-refractivity contribution in [1.29, 1.82) is 0 Å². The number of aliphatic hydroxyl groups excluding tert-OH is 1. The van der Waals surface area contributed by atoms with Crippen LogP contribution in [0.2, 0.25) is 0 Å². The van der Waals surface area contributed by atoms with Gasteiger partial charge in [0.05, 0.1) is 0 Å². The van der Waals surface area contributed by atoms with Crippen molar-refractivity contribution in [2.45, 2.75) is 33.8 Å². The van der Waals surface area contributed by atoms with E-state index in [4.69, 9.17) is 0 Å². The van der Waals surface area contributed by atoms with Crippen LogP contribution < -0.4 is 0 Å². The molecule has 1 N–H and O–H groups in total. The van der Waals surface area contributed by atoms with Crippen LogP contribution >= 0.6 is 0 Å². The van der Waals surface area contributed by atoms with E-state index in [2.05, 4.69) is 0 Å². The number of carbonyl (C=O) groups excluding carboxylic acids is 1. The summed E-state index contributed by atoms with van der Waals surface area (Å²) in [5, 5.41) is 9.22. The minimum atomic E-state index is -0.778. The average Bonchev–Trinajstić information content (AvgIpc) is 1.84. The molecule has 0 saturated heterocycles. The summed E-state index contributed by atoms with van der Waals surface area (Å²) in [7, 11) is 0. The van der Waals surface area contributed by atoms with E-state index in [0.29, 0.717) is 5.92 Å². The Balaban J connectivity index is 3.94. The van der Waals surface area contributed by atoms with E-state index in [1.54, 1.807) is 0 Å². The lowest BCUT2D eigenvalue weighted by molar-refractivity contribution is -0.128. The van der Waals surface area contributed by atoms with Crippen LogP contribution in [0.15, 0.2) is 0 Å². The first-order valence-corrected chi connectivity index (χ1v) is 3.65. The molecule has 2 nitrogen and oxygen atoms in total. The molecule has 0 aliphatic rings. The van der Waals surface area contributed by atoms with E-state index < -0.39 is 6.10 Å². The van der Waals surface area contributed by atoms with Gasteiger partial charge in [-0.1, -0.05) is 20.8 Å². The highest BCUT2D eigenvalue weighted by Gasteiger charge is 2.20. The molecule has 0 aromatic carbocycles. The van der Waals surface area contributed by atoms with Gasteiger partial charge in [-0.15, -0.1) is 0 Å². The van der Waals surface area contributed by atoms with Gasteiger partial charge in [-0.25, -0.2) is 0 Å². The van der Waals surface area contributed by atoms with Crippen molar-refractivity contribution >= 4 is 5.78 Å². The number of ketones is 1. The highest BCUT2D eigenvalue weighted by molar-refractivity contribution is 5.80. The normalized spacial score (nSPS) is 17.0. The fourth-order valence-electron chi connectivity index (χ4n) is 0.735. The minimum absolute atomic E-state index is 0.0671. The number of aliphatic hydroxyl groups is 1. The average molecular weight is 144 g/mol. The Bertz CT molecular complexity index is 118. The highest BCUT2D eigenvalue weighted by Crippen LogP contribution is 2.14. The molecule has 0 rings (SSSR count). The quantitative estimate of drug-likeness (QED) is 0.646. The number of carbonyl (C=O) groups is 1. The van der Waals surface area contributed by atoms with Crippen molar-refractivity contribution in [1.82, 2.24) is 0 Å². The smallest absolute Gasteiger partial charge is 0.158 e. The summed E-state index contributed by atoms with van der Waals surface area (Å²) in [6, 6.07) is 0. The first kappa shape index (κ1) is 9.63. The fourth-order valence-corrected chi connectivity index (χ4v) is 0.735. The van der Waals surface area contributed by atoms with E-state index in [0.717, 1.165) is 0 Å². The molecule has 0 heterocycles. The largest absolute Gasteiger partial charge is 0.385 e. The number of rotatable bonds is 3. The molecule has 0 saturated carbocycles. The molecule has 0 unspecified atom stereocenters. The van der Waals surface area contributed by atoms with Crippen LogP contribution in [-0.4, -0.2) is 17.0 Å². The van der Waals surface area contributed by atoms with Gasteiger partial charge in [0.2, 0.25) is 0 Å². The van der Waals surface area contributed by atoms with Crippen LogP contribution in [0.25, 0.3) is 0 Å². The molecule has 0 aromatic heterocycles. The summed E-state index contributed by atoms with van der Waals surface area (Å²) in [6.07, 6.45) is -0.778. The molecule has 0 amide bonds.